The van der Waals surface area contributed by atoms with Crippen molar-refractivity contribution in [3.63, 3.8) is 0 Å². The number of hydrogen-bond donors (Lipinski definition) is 3. The number of hydrogen-bond acceptors (Lipinski definition) is 4. The summed E-state index contributed by atoms with van der Waals surface area (Å²) in [5.41, 5.74) is -1.16. The summed E-state index contributed by atoms with van der Waals surface area (Å²) in [5.74, 6) is -1.25. The minimum atomic E-state index is -1.16. The van der Waals surface area contributed by atoms with Gasteiger partial charge in [0.25, 0.3) is 0 Å². The van der Waals surface area contributed by atoms with Gasteiger partial charge in [0.05, 0.1) is 6.04 Å². The van der Waals surface area contributed by atoms with Crippen LogP contribution in [0.5, 0.6) is 0 Å². The van der Waals surface area contributed by atoms with E-state index in [-0.39, 0.29) is 5.91 Å². The van der Waals surface area contributed by atoms with E-state index in [2.05, 4.69) is 10.6 Å². The summed E-state index contributed by atoms with van der Waals surface area (Å²) >= 11 is 0. The Bertz CT molecular complexity index is 257. The summed E-state index contributed by atoms with van der Waals surface area (Å²) in [7, 11) is 3.01. The van der Waals surface area contributed by atoms with Crippen molar-refractivity contribution in [1.82, 2.24) is 10.6 Å². The molecular weight excluding hydrogens is 212 g/mol. The van der Waals surface area contributed by atoms with E-state index in [9.17, 15) is 9.59 Å². The Balaban J connectivity index is 4.54. The lowest BCUT2D eigenvalue weighted by molar-refractivity contribution is -0.145. The van der Waals surface area contributed by atoms with Crippen LogP contribution in [0.3, 0.4) is 0 Å². The highest BCUT2D eigenvalue weighted by Gasteiger charge is 2.35. The zero-order valence-electron chi connectivity index (χ0n) is 10.2. The first-order valence-corrected chi connectivity index (χ1v) is 5.09. The van der Waals surface area contributed by atoms with Crippen LogP contribution in [0.1, 0.15) is 20.3 Å². The fourth-order valence-electron chi connectivity index (χ4n) is 1.31. The lowest BCUT2D eigenvalue weighted by Crippen LogP contribution is -2.57. The molecule has 0 aliphatic rings. The summed E-state index contributed by atoms with van der Waals surface area (Å²) in [6.07, 6.45) is 0.292. The van der Waals surface area contributed by atoms with Gasteiger partial charge in [0, 0.05) is 20.8 Å². The third-order valence-corrected chi connectivity index (χ3v) is 2.45. The summed E-state index contributed by atoms with van der Waals surface area (Å²) in [4.78, 5) is 22.4. The van der Waals surface area contributed by atoms with Crippen LogP contribution >= 0.6 is 0 Å². The second kappa shape index (κ2) is 6.44. The number of carboxylic acid groups (broad SMARTS) is 1. The number of carboxylic acids is 1. The predicted molar refractivity (Wildman–Crippen MR) is 59.2 cm³/mol. The Labute approximate surface area is 95.4 Å². The highest BCUT2D eigenvalue weighted by Crippen LogP contribution is 2.11. The van der Waals surface area contributed by atoms with Crippen molar-refractivity contribution in [2.24, 2.45) is 0 Å². The number of amides is 1. The van der Waals surface area contributed by atoms with Crippen LogP contribution in [-0.4, -0.2) is 49.3 Å². The van der Waals surface area contributed by atoms with Crippen LogP contribution in [0.25, 0.3) is 0 Å². The van der Waals surface area contributed by atoms with Crippen LogP contribution in [-0.2, 0) is 14.3 Å². The molecule has 6 nitrogen and oxygen atoms in total. The number of nitrogens with one attached hydrogen (secondary N) is 2. The Morgan fingerprint density at radius 1 is 1.50 bits per heavy atom. The average molecular weight is 232 g/mol. The molecule has 0 rings (SSSR count). The molecule has 6 heteroatoms. The molecule has 0 aliphatic heterocycles. The van der Waals surface area contributed by atoms with Crippen molar-refractivity contribution >= 4 is 11.9 Å². The number of carbonyl (C=O) groups is 2. The molecule has 0 spiro atoms. The molecule has 0 radical (unpaired) electrons. The fraction of sp³-hybridized carbons (Fsp3) is 0.800. The van der Waals surface area contributed by atoms with E-state index in [0.717, 1.165) is 0 Å². The van der Waals surface area contributed by atoms with Gasteiger partial charge < -0.3 is 15.2 Å². The van der Waals surface area contributed by atoms with Gasteiger partial charge >= 0.3 is 5.97 Å². The molecule has 0 bridgehead atoms. The van der Waals surface area contributed by atoms with Gasteiger partial charge in [-0.05, 0) is 20.3 Å². The Morgan fingerprint density at radius 3 is 2.44 bits per heavy atom. The van der Waals surface area contributed by atoms with E-state index in [4.69, 9.17) is 9.84 Å². The summed E-state index contributed by atoms with van der Waals surface area (Å²) in [6, 6.07) is -0.567. The standard InChI is InChI=1S/C10H20N2O4/c1-7(8(13)11-3)12-10(2,9(14)15)5-6-16-4/h7,12H,5-6H2,1-4H3,(H,11,13)(H,14,15). The molecule has 0 saturated heterocycles. The molecule has 0 aromatic rings. The molecule has 3 N–H and O–H groups in total. The maximum absolute atomic E-state index is 11.3. The molecule has 0 aromatic carbocycles. The molecular formula is C10H20N2O4. The average Bonchev–Trinajstić information content (AvgIpc) is 2.24. The first kappa shape index (κ1) is 14.9. The van der Waals surface area contributed by atoms with Crippen molar-refractivity contribution in [1.29, 1.82) is 0 Å². The summed E-state index contributed by atoms with van der Waals surface area (Å²) in [5, 5.41) is 14.4. The molecule has 16 heavy (non-hydrogen) atoms. The van der Waals surface area contributed by atoms with E-state index in [1.54, 1.807) is 6.92 Å². The Morgan fingerprint density at radius 2 is 2.06 bits per heavy atom. The summed E-state index contributed by atoms with van der Waals surface area (Å²) < 4.78 is 4.85. The molecule has 0 aliphatic carbocycles. The zero-order valence-corrected chi connectivity index (χ0v) is 10.2. The molecule has 0 heterocycles. The first-order chi connectivity index (χ1) is 7.37. The van der Waals surface area contributed by atoms with Gasteiger partial charge in [-0.15, -0.1) is 0 Å². The van der Waals surface area contributed by atoms with Crippen LogP contribution < -0.4 is 10.6 Å². The number of ether oxygens (including phenoxy) is 1. The lowest BCUT2D eigenvalue weighted by Gasteiger charge is -2.29. The zero-order chi connectivity index (χ0) is 12.8. The first-order valence-electron chi connectivity index (χ1n) is 5.09. The van der Waals surface area contributed by atoms with Crippen molar-refractivity contribution in [3.8, 4) is 0 Å². The van der Waals surface area contributed by atoms with Crippen molar-refractivity contribution in [2.45, 2.75) is 31.8 Å². The third-order valence-electron chi connectivity index (χ3n) is 2.45. The van der Waals surface area contributed by atoms with Crippen molar-refractivity contribution < 1.29 is 19.4 Å². The Kier molecular flexibility index (Phi) is 5.98. The number of carbonyl (C=O) groups excluding carboxylic acids is 1. The van der Waals surface area contributed by atoms with Crippen molar-refractivity contribution in [2.75, 3.05) is 20.8 Å². The predicted octanol–water partition coefficient (Wildman–Crippen LogP) is -0.410. The molecule has 0 fully saturated rings. The molecule has 0 saturated carbocycles. The van der Waals surface area contributed by atoms with Crippen LogP contribution in [0.4, 0.5) is 0 Å². The van der Waals surface area contributed by atoms with E-state index in [1.165, 1.54) is 21.1 Å². The highest BCUT2D eigenvalue weighted by molar-refractivity contribution is 5.83. The monoisotopic (exact) mass is 232 g/mol. The fourth-order valence-corrected chi connectivity index (χ4v) is 1.31. The topological polar surface area (TPSA) is 87.7 Å². The van der Waals surface area contributed by atoms with Crippen LogP contribution in [0.15, 0.2) is 0 Å². The van der Waals surface area contributed by atoms with E-state index in [0.29, 0.717) is 13.0 Å². The van der Waals surface area contributed by atoms with Crippen molar-refractivity contribution in [3.05, 3.63) is 0 Å². The van der Waals surface area contributed by atoms with Gasteiger partial charge in [-0.25, -0.2) is 0 Å². The molecule has 2 unspecified atom stereocenters. The lowest BCUT2D eigenvalue weighted by atomic mass is 9.97. The molecule has 2 atom stereocenters. The molecule has 1 amide bonds. The number of methoxy groups -OCH3 is 1. The summed E-state index contributed by atoms with van der Waals surface area (Å²) in [6.45, 7) is 3.47. The minimum absolute atomic E-state index is 0.245. The SMILES string of the molecule is CNC(=O)C(C)NC(C)(CCOC)C(=O)O. The van der Waals surface area contributed by atoms with E-state index in [1.807, 2.05) is 0 Å². The minimum Gasteiger partial charge on any atom is -0.480 e. The van der Waals surface area contributed by atoms with Gasteiger partial charge in [0.15, 0.2) is 0 Å². The molecule has 0 aromatic heterocycles. The molecule has 94 valence electrons. The quantitative estimate of drug-likeness (QED) is 0.555. The maximum atomic E-state index is 11.3. The smallest absolute Gasteiger partial charge is 0.323 e. The van der Waals surface area contributed by atoms with Crippen LogP contribution in [0.2, 0.25) is 0 Å². The van der Waals surface area contributed by atoms with Gasteiger partial charge in [-0.1, -0.05) is 0 Å². The second-order valence-corrected chi connectivity index (χ2v) is 3.86. The third kappa shape index (κ3) is 4.16. The number of rotatable bonds is 7. The normalized spacial score (nSPS) is 16.2. The highest BCUT2D eigenvalue weighted by atomic mass is 16.5. The second-order valence-electron chi connectivity index (χ2n) is 3.86. The number of aliphatic carboxylic acids is 1. The van der Waals surface area contributed by atoms with E-state index >= 15 is 0 Å². The maximum Gasteiger partial charge on any atom is 0.323 e. The van der Waals surface area contributed by atoms with E-state index < -0.39 is 17.6 Å². The van der Waals surface area contributed by atoms with Gasteiger partial charge in [0.1, 0.15) is 5.54 Å². The van der Waals surface area contributed by atoms with Gasteiger partial charge in [-0.2, -0.15) is 0 Å². The van der Waals surface area contributed by atoms with Crippen LogP contribution in [0, 0.1) is 0 Å². The van der Waals surface area contributed by atoms with Gasteiger partial charge in [-0.3, -0.25) is 14.9 Å². The Hall–Kier alpha value is -1.14. The van der Waals surface area contributed by atoms with Gasteiger partial charge in [0.2, 0.25) is 5.91 Å². The largest absolute Gasteiger partial charge is 0.480 e. The number of likely N-dealkylation sites (N-methyl/N-ethyl adjacent to an activating group) is 1.